The largest absolute Gasteiger partial charge is 0.318 e. The highest BCUT2D eigenvalue weighted by Crippen LogP contribution is 2.23. The Morgan fingerprint density at radius 2 is 1.94 bits per heavy atom. The van der Waals surface area contributed by atoms with Crippen LogP contribution in [0, 0.1) is 12.3 Å². The average Bonchev–Trinajstić information content (AvgIpc) is 2.45. The van der Waals surface area contributed by atoms with Gasteiger partial charge >= 0.3 is 0 Å². The molecule has 0 amide bonds. The second-order valence-corrected chi connectivity index (χ2v) is 5.48. The van der Waals surface area contributed by atoms with Gasteiger partial charge in [0.2, 0.25) is 0 Å². The van der Waals surface area contributed by atoms with Crippen LogP contribution in [0.1, 0.15) is 32.3 Å². The van der Waals surface area contributed by atoms with E-state index in [1.54, 1.807) is 6.33 Å². The lowest BCUT2D eigenvalue weighted by molar-refractivity contribution is 0.407. The molecule has 0 radical (unpaired) electrons. The standard InChI is InChI=1S/C12H18N4/c1-8-14-9(6-12(2,3)4)10-11(15-8)16(5)7-13-10/h7H,6H2,1-5H3. The molecule has 16 heavy (non-hydrogen) atoms. The van der Waals surface area contributed by atoms with Gasteiger partial charge in [0.25, 0.3) is 0 Å². The predicted molar refractivity (Wildman–Crippen MR) is 64.2 cm³/mol. The van der Waals surface area contributed by atoms with Crippen LogP contribution in [0.4, 0.5) is 0 Å². The van der Waals surface area contributed by atoms with E-state index in [0.717, 1.165) is 29.1 Å². The molecule has 0 fully saturated rings. The van der Waals surface area contributed by atoms with Crippen molar-refractivity contribution in [1.29, 1.82) is 0 Å². The summed E-state index contributed by atoms with van der Waals surface area (Å²) in [5, 5.41) is 0. The Kier molecular flexibility index (Phi) is 2.45. The monoisotopic (exact) mass is 218 g/mol. The second-order valence-electron chi connectivity index (χ2n) is 5.48. The van der Waals surface area contributed by atoms with Crippen molar-refractivity contribution >= 4 is 11.2 Å². The number of fused-ring (bicyclic) bond motifs is 1. The third kappa shape index (κ3) is 2.05. The third-order valence-electron chi connectivity index (χ3n) is 2.44. The van der Waals surface area contributed by atoms with Crippen molar-refractivity contribution in [3.05, 3.63) is 17.8 Å². The van der Waals surface area contributed by atoms with E-state index in [4.69, 9.17) is 0 Å². The molecule has 0 aliphatic heterocycles. The molecule has 2 heterocycles. The Labute approximate surface area is 95.7 Å². The minimum atomic E-state index is 0.214. The van der Waals surface area contributed by atoms with Gasteiger partial charge in [0.05, 0.1) is 12.0 Å². The van der Waals surface area contributed by atoms with Gasteiger partial charge in [-0.25, -0.2) is 15.0 Å². The topological polar surface area (TPSA) is 43.6 Å². The van der Waals surface area contributed by atoms with Crippen molar-refractivity contribution in [1.82, 2.24) is 19.5 Å². The number of hydrogen-bond donors (Lipinski definition) is 0. The van der Waals surface area contributed by atoms with Crippen LogP contribution in [0.25, 0.3) is 11.2 Å². The number of hydrogen-bond acceptors (Lipinski definition) is 3. The van der Waals surface area contributed by atoms with Crippen molar-refractivity contribution in [2.75, 3.05) is 0 Å². The number of nitrogens with zero attached hydrogens (tertiary/aromatic N) is 4. The zero-order valence-corrected chi connectivity index (χ0v) is 10.6. The Balaban J connectivity index is 2.60. The van der Waals surface area contributed by atoms with Gasteiger partial charge in [0, 0.05) is 7.05 Å². The lowest BCUT2D eigenvalue weighted by Crippen LogP contribution is -2.12. The molecule has 0 N–H and O–H groups in total. The quantitative estimate of drug-likeness (QED) is 0.737. The highest BCUT2D eigenvalue weighted by molar-refractivity contribution is 5.73. The van der Waals surface area contributed by atoms with Crippen LogP contribution in [0.15, 0.2) is 6.33 Å². The molecule has 0 unspecified atom stereocenters. The Morgan fingerprint density at radius 3 is 2.56 bits per heavy atom. The molecule has 2 rings (SSSR count). The fourth-order valence-corrected chi connectivity index (χ4v) is 1.81. The zero-order valence-electron chi connectivity index (χ0n) is 10.6. The molecule has 0 saturated heterocycles. The van der Waals surface area contributed by atoms with Gasteiger partial charge in [-0.05, 0) is 18.8 Å². The van der Waals surface area contributed by atoms with Crippen molar-refractivity contribution in [3.8, 4) is 0 Å². The van der Waals surface area contributed by atoms with E-state index in [0.29, 0.717) is 0 Å². The van der Waals surface area contributed by atoms with E-state index in [2.05, 4.69) is 35.7 Å². The van der Waals surface area contributed by atoms with Gasteiger partial charge in [0.1, 0.15) is 11.3 Å². The first-order valence-electron chi connectivity index (χ1n) is 5.51. The van der Waals surface area contributed by atoms with Gasteiger partial charge in [-0.15, -0.1) is 0 Å². The van der Waals surface area contributed by atoms with Crippen LogP contribution < -0.4 is 0 Å². The van der Waals surface area contributed by atoms with Gasteiger partial charge in [0.15, 0.2) is 5.65 Å². The van der Waals surface area contributed by atoms with E-state index in [1.807, 2.05) is 18.5 Å². The molecule has 0 atom stereocenters. The maximum absolute atomic E-state index is 4.51. The number of imidazole rings is 1. The summed E-state index contributed by atoms with van der Waals surface area (Å²) in [6.45, 7) is 8.55. The summed E-state index contributed by atoms with van der Waals surface area (Å²) in [5.41, 5.74) is 3.12. The fourth-order valence-electron chi connectivity index (χ4n) is 1.81. The maximum Gasteiger partial charge on any atom is 0.163 e. The summed E-state index contributed by atoms with van der Waals surface area (Å²) in [6.07, 6.45) is 2.72. The highest BCUT2D eigenvalue weighted by atomic mass is 15.1. The first-order valence-corrected chi connectivity index (χ1v) is 5.51. The van der Waals surface area contributed by atoms with Crippen LogP contribution in [0.2, 0.25) is 0 Å². The Bertz CT molecular complexity index is 520. The molecule has 0 saturated carbocycles. The summed E-state index contributed by atoms with van der Waals surface area (Å²) in [5.74, 6) is 0.815. The van der Waals surface area contributed by atoms with Gasteiger partial charge in [-0.2, -0.15) is 0 Å². The number of rotatable bonds is 1. The van der Waals surface area contributed by atoms with Crippen molar-refractivity contribution in [2.45, 2.75) is 34.1 Å². The fraction of sp³-hybridized carbons (Fsp3) is 0.583. The van der Waals surface area contributed by atoms with E-state index < -0.39 is 0 Å². The first kappa shape index (κ1) is 11.0. The van der Waals surface area contributed by atoms with Crippen LogP contribution in [0.3, 0.4) is 0 Å². The highest BCUT2D eigenvalue weighted by Gasteiger charge is 2.17. The van der Waals surface area contributed by atoms with Gasteiger partial charge < -0.3 is 4.57 Å². The summed E-state index contributed by atoms with van der Waals surface area (Å²) in [4.78, 5) is 13.3. The summed E-state index contributed by atoms with van der Waals surface area (Å²) >= 11 is 0. The Hall–Kier alpha value is -1.45. The molecule has 0 bridgehead atoms. The summed E-state index contributed by atoms with van der Waals surface area (Å²) in [6, 6.07) is 0. The molecular weight excluding hydrogens is 200 g/mol. The van der Waals surface area contributed by atoms with Crippen molar-refractivity contribution in [3.63, 3.8) is 0 Å². The lowest BCUT2D eigenvalue weighted by Gasteiger charge is -2.17. The molecule has 86 valence electrons. The van der Waals surface area contributed by atoms with Crippen molar-refractivity contribution < 1.29 is 0 Å². The summed E-state index contributed by atoms with van der Waals surface area (Å²) in [7, 11) is 1.96. The van der Waals surface area contributed by atoms with Crippen LogP contribution >= 0.6 is 0 Å². The lowest BCUT2D eigenvalue weighted by atomic mass is 9.90. The minimum Gasteiger partial charge on any atom is -0.318 e. The van der Waals surface area contributed by atoms with E-state index in [9.17, 15) is 0 Å². The van der Waals surface area contributed by atoms with Crippen LogP contribution in [-0.4, -0.2) is 19.5 Å². The van der Waals surface area contributed by atoms with E-state index >= 15 is 0 Å². The number of aryl methyl sites for hydroxylation is 2. The van der Waals surface area contributed by atoms with Crippen LogP contribution in [-0.2, 0) is 13.5 Å². The molecular formula is C12H18N4. The number of aromatic nitrogens is 4. The molecule has 0 aliphatic carbocycles. The Morgan fingerprint density at radius 1 is 1.25 bits per heavy atom. The second kappa shape index (κ2) is 3.54. The van der Waals surface area contributed by atoms with Crippen LogP contribution in [0.5, 0.6) is 0 Å². The summed E-state index contributed by atoms with van der Waals surface area (Å²) < 4.78 is 1.94. The zero-order chi connectivity index (χ0) is 11.9. The van der Waals surface area contributed by atoms with Gasteiger partial charge in [-0.1, -0.05) is 20.8 Å². The SMILES string of the molecule is Cc1nc(CC(C)(C)C)c2ncn(C)c2n1. The minimum absolute atomic E-state index is 0.214. The molecule has 0 spiro atoms. The molecule has 0 aromatic carbocycles. The average molecular weight is 218 g/mol. The molecule has 2 aromatic rings. The molecule has 0 aliphatic rings. The van der Waals surface area contributed by atoms with Crippen molar-refractivity contribution in [2.24, 2.45) is 12.5 Å². The maximum atomic E-state index is 4.51. The van der Waals surface area contributed by atoms with Gasteiger partial charge in [-0.3, -0.25) is 0 Å². The van der Waals surface area contributed by atoms with E-state index in [1.165, 1.54) is 0 Å². The first-order chi connectivity index (χ1) is 7.37. The molecule has 4 heteroatoms. The molecule has 4 nitrogen and oxygen atoms in total. The predicted octanol–water partition coefficient (Wildman–Crippen LogP) is 2.26. The normalized spacial score (nSPS) is 12.3. The molecule has 2 aromatic heterocycles. The smallest absolute Gasteiger partial charge is 0.163 e. The van der Waals surface area contributed by atoms with E-state index in [-0.39, 0.29) is 5.41 Å². The third-order valence-corrected chi connectivity index (χ3v) is 2.44.